The Kier molecular flexibility index (Phi) is 13.5. The summed E-state index contributed by atoms with van der Waals surface area (Å²) in [6.07, 6.45) is 0.856. The molecule has 0 fully saturated rings. The Morgan fingerprint density at radius 2 is 1.65 bits per heavy atom. The van der Waals surface area contributed by atoms with Gasteiger partial charge in [0.05, 0.1) is 0 Å². The van der Waals surface area contributed by atoms with Crippen LogP contribution in [0, 0.1) is 6.92 Å². The number of carboxylic acid groups (broad SMARTS) is 1. The number of aryl methyl sites for hydroxylation is 1. The largest absolute Gasteiger partial charge is 0.481 e. The van der Waals surface area contributed by atoms with Crippen LogP contribution in [-0.2, 0) is 4.79 Å². The van der Waals surface area contributed by atoms with Crippen molar-refractivity contribution in [3.63, 3.8) is 0 Å². The van der Waals surface area contributed by atoms with Crippen molar-refractivity contribution in [2.75, 3.05) is 0 Å². The molecule has 3 heteroatoms. The van der Waals surface area contributed by atoms with Crippen molar-refractivity contribution in [2.24, 2.45) is 0 Å². The second kappa shape index (κ2) is 12.7. The van der Waals surface area contributed by atoms with E-state index in [0.29, 0.717) is 6.42 Å². The fourth-order valence-corrected chi connectivity index (χ4v) is 0.748. The molecular formula is C14H24O3. The topological polar surface area (TPSA) is 57.5 Å². The molecule has 0 aliphatic heterocycles. The highest BCUT2D eigenvalue weighted by atomic mass is 16.4. The molecule has 0 unspecified atom stereocenters. The Bertz CT molecular complexity index is 265. The van der Waals surface area contributed by atoms with Crippen molar-refractivity contribution >= 4 is 5.97 Å². The summed E-state index contributed by atoms with van der Waals surface area (Å²) in [6, 6.07) is 10.3. The van der Waals surface area contributed by atoms with Crippen molar-refractivity contribution in [1.82, 2.24) is 0 Å². The maximum Gasteiger partial charge on any atom is 0.303 e. The van der Waals surface area contributed by atoms with Crippen molar-refractivity contribution in [1.29, 1.82) is 0 Å². The number of aliphatic carboxylic acids is 1. The molecule has 0 heterocycles. The third-order valence-corrected chi connectivity index (χ3v) is 1.40. The lowest BCUT2D eigenvalue weighted by Crippen LogP contribution is -1.90. The van der Waals surface area contributed by atoms with Crippen LogP contribution in [-0.4, -0.2) is 22.3 Å². The average Bonchev–Trinajstić information content (AvgIpc) is 2.18. The summed E-state index contributed by atoms with van der Waals surface area (Å²) in [4.78, 5) is 9.60. The van der Waals surface area contributed by atoms with Gasteiger partial charge in [0, 0.05) is 12.5 Å². The molecule has 0 saturated carbocycles. The van der Waals surface area contributed by atoms with E-state index in [2.05, 4.69) is 19.1 Å². The number of aliphatic hydroxyl groups excluding tert-OH is 1. The quantitative estimate of drug-likeness (QED) is 0.834. The molecule has 0 atom stereocenters. The first kappa shape index (κ1) is 18.0. The van der Waals surface area contributed by atoms with E-state index >= 15 is 0 Å². The highest BCUT2D eigenvalue weighted by molar-refractivity contribution is 5.66. The smallest absolute Gasteiger partial charge is 0.303 e. The molecule has 1 aromatic rings. The molecular weight excluding hydrogens is 216 g/mol. The van der Waals surface area contributed by atoms with Crippen LogP contribution in [0.25, 0.3) is 0 Å². The van der Waals surface area contributed by atoms with Gasteiger partial charge in [0.15, 0.2) is 0 Å². The number of hydrogen-bond acceptors (Lipinski definition) is 2. The van der Waals surface area contributed by atoms with Crippen molar-refractivity contribution in [2.45, 2.75) is 46.6 Å². The predicted molar refractivity (Wildman–Crippen MR) is 71.1 cm³/mol. The molecule has 0 radical (unpaired) electrons. The summed E-state index contributed by atoms with van der Waals surface area (Å²) in [5.41, 5.74) is 1.32. The Morgan fingerprint density at radius 1 is 1.24 bits per heavy atom. The van der Waals surface area contributed by atoms with Crippen molar-refractivity contribution in [3.05, 3.63) is 35.9 Å². The first-order valence-electron chi connectivity index (χ1n) is 5.81. The van der Waals surface area contributed by atoms with Crippen molar-refractivity contribution in [3.8, 4) is 0 Å². The molecule has 2 N–H and O–H groups in total. The summed E-state index contributed by atoms with van der Waals surface area (Å²) in [5.74, 6) is -0.711. The Labute approximate surface area is 104 Å². The normalized spacial score (nSPS) is 8.59. The molecule has 0 spiro atoms. The summed E-state index contributed by atoms with van der Waals surface area (Å²) < 4.78 is 0. The van der Waals surface area contributed by atoms with Crippen molar-refractivity contribution < 1.29 is 15.0 Å². The first-order valence-corrected chi connectivity index (χ1v) is 5.81. The number of carbonyl (C=O) groups is 1. The van der Waals surface area contributed by atoms with Gasteiger partial charge in [0.2, 0.25) is 0 Å². The number of benzene rings is 1. The van der Waals surface area contributed by atoms with Gasteiger partial charge in [-0.1, -0.05) is 42.8 Å². The van der Waals surface area contributed by atoms with Gasteiger partial charge in [-0.3, -0.25) is 4.79 Å². The number of rotatable bonds is 2. The van der Waals surface area contributed by atoms with E-state index in [1.54, 1.807) is 13.8 Å². The molecule has 98 valence electrons. The van der Waals surface area contributed by atoms with Crippen LogP contribution >= 0.6 is 0 Å². The van der Waals surface area contributed by atoms with Crippen LogP contribution in [0.5, 0.6) is 0 Å². The second-order valence-electron chi connectivity index (χ2n) is 3.89. The Hall–Kier alpha value is -1.35. The van der Waals surface area contributed by atoms with E-state index in [9.17, 15) is 4.79 Å². The highest BCUT2D eigenvalue weighted by Gasteiger charge is 1.87. The zero-order valence-corrected chi connectivity index (χ0v) is 11.2. The lowest BCUT2D eigenvalue weighted by atomic mass is 10.2. The van der Waals surface area contributed by atoms with Crippen LogP contribution in [0.2, 0.25) is 0 Å². The van der Waals surface area contributed by atoms with Gasteiger partial charge >= 0.3 is 5.97 Å². The molecule has 17 heavy (non-hydrogen) atoms. The SMILES string of the molecule is CC(C)O.CCCC(=O)O.Cc1ccccc1. The number of carboxylic acids is 1. The van der Waals surface area contributed by atoms with Crippen LogP contribution in [0.3, 0.4) is 0 Å². The maximum atomic E-state index is 9.60. The van der Waals surface area contributed by atoms with E-state index in [1.807, 2.05) is 25.1 Å². The maximum absolute atomic E-state index is 9.60. The van der Waals surface area contributed by atoms with Gasteiger partial charge in [-0.25, -0.2) is 0 Å². The summed E-state index contributed by atoms with van der Waals surface area (Å²) >= 11 is 0. The van der Waals surface area contributed by atoms with Crippen LogP contribution in [0.4, 0.5) is 0 Å². The van der Waals surface area contributed by atoms with Gasteiger partial charge < -0.3 is 10.2 Å². The summed E-state index contributed by atoms with van der Waals surface area (Å²) in [6.45, 7) is 7.37. The summed E-state index contributed by atoms with van der Waals surface area (Å²) in [5, 5.41) is 16.0. The third kappa shape index (κ3) is 25.2. The Morgan fingerprint density at radius 3 is 1.76 bits per heavy atom. The fraction of sp³-hybridized carbons (Fsp3) is 0.500. The van der Waals surface area contributed by atoms with E-state index < -0.39 is 5.97 Å². The number of aliphatic hydroxyl groups is 1. The molecule has 0 aliphatic rings. The minimum atomic E-state index is -0.711. The standard InChI is InChI=1S/C7H8.C4H8O2.C3H8O/c1-7-5-3-2-4-6-7;1-2-3-4(5)6;1-3(2)4/h2-6H,1H3;2-3H2,1H3,(H,5,6);3-4H,1-2H3. The van der Waals surface area contributed by atoms with Gasteiger partial charge in [0.25, 0.3) is 0 Å². The lowest BCUT2D eigenvalue weighted by molar-refractivity contribution is -0.137. The third-order valence-electron chi connectivity index (χ3n) is 1.40. The first-order chi connectivity index (χ1) is 7.90. The molecule has 0 bridgehead atoms. The van der Waals surface area contributed by atoms with E-state index in [-0.39, 0.29) is 6.10 Å². The molecule has 0 saturated heterocycles. The monoisotopic (exact) mass is 240 g/mol. The molecule has 0 amide bonds. The average molecular weight is 240 g/mol. The van der Waals surface area contributed by atoms with E-state index in [4.69, 9.17) is 10.2 Å². The van der Waals surface area contributed by atoms with Crippen LogP contribution < -0.4 is 0 Å². The molecule has 3 nitrogen and oxygen atoms in total. The molecule has 0 aliphatic carbocycles. The lowest BCUT2D eigenvalue weighted by Gasteiger charge is -1.82. The number of hydrogen-bond donors (Lipinski definition) is 2. The fourth-order valence-electron chi connectivity index (χ4n) is 0.748. The molecule has 1 aromatic carbocycles. The van der Waals surface area contributed by atoms with Crippen LogP contribution in [0.15, 0.2) is 30.3 Å². The molecule has 1 rings (SSSR count). The second-order valence-corrected chi connectivity index (χ2v) is 3.89. The molecule has 0 aromatic heterocycles. The van der Waals surface area contributed by atoms with Gasteiger partial charge in [-0.05, 0) is 27.2 Å². The van der Waals surface area contributed by atoms with Gasteiger partial charge in [0.1, 0.15) is 0 Å². The van der Waals surface area contributed by atoms with E-state index in [0.717, 1.165) is 6.42 Å². The minimum Gasteiger partial charge on any atom is -0.481 e. The summed E-state index contributed by atoms with van der Waals surface area (Å²) in [7, 11) is 0. The van der Waals surface area contributed by atoms with E-state index in [1.165, 1.54) is 5.56 Å². The zero-order valence-electron chi connectivity index (χ0n) is 11.2. The Balaban J connectivity index is 0. The predicted octanol–water partition coefficient (Wildman–Crippen LogP) is 3.25. The zero-order chi connectivity index (χ0) is 13.7. The highest BCUT2D eigenvalue weighted by Crippen LogP contribution is 1.92. The van der Waals surface area contributed by atoms with Gasteiger partial charge in [-0.2, -0.15) is 0 Å². The minimum absolute atomic E-state index is 0.167. The van der Waals surface area contributed by atoms with Gasteiger partial charge in [-0.15, -0.1) is 0 Å². The van der Waals surface area contributed by atoms with Crippen LogP contribution in [0.1, 0.15) is 39.2 Å².